The molecule has 1 saturated carbocycles. The fourth-order valence-corrected chi connectivity index (χ4v) is 7.83. The van der Waals surface area contributed by atoms with Crippen LogP contribution in [0.25, 0.3) is 0 Å². The van der Waals surface area contributed by atoms with Gasteiger partial charge in [0.1, 0.15) is 0 Å². The van der Waals surface area contributed by atoms with Crippen LogP contribution in [0.1, 0.15) is 82.6 Å². The van der Waals surface area contributed by atoms with Gasteiger partial charge in [-0.3, -0.25) is 4.90 Å². The summed E-state index contributed by atoms with van der Waals surface area (Å²) < 4.78 is 20.0. The second-order valence-electron chi connectivity index (χ2n) is 13.2. The molecule has 230 valence electrons. The molecule has 0 bridgehead atoms. The third kappa shape index (κ3) is 9.22. The summed E-state index contributed by atoms with van der Waals surface area (Å²) in [6.07, 6.45) is 22.9. The molecule has 5 heteroatoms. The molecule has 4 aliphatic rings. The third-order valence-corrected chi connectivity index (χ3v) is 10.1. The fourth-order valence-electron chi connectivity index (χ4n) is 7.83. The highest BCUT2D eigenvalue weighted by Gasteiger charge is 2.36. The molecule has 1 aromatic carbocycles. The van der Waals surface area contributed by atoms with Crippen molar-refractivity contribution in [2.24, 2.45) is 23.7 Å². The Bertz CT molecular complexity index is 1100. The molecule has 0 spiro atoms. The molecule has 0 heterocycles. The van der Waals surface area contributed by atoms with Crippen molar-refractivity contribution >= 4 is 0 Å². The Morgan fingerprint density at radius 2 is 1.79 bits per heavy atom. The number of benzene rings is 1. The summed E-state index contributed by atoms with van der Waals surface area (Å²) in [4.78, 5) is 2.32. The number of nitrogens with zero attached hydrogens (tertiary/aromatic N) is 1. The van der Waals surface area contributed by atoms with Gasteiger partial charge in [0.25, 0.3) is 0 Å². The zero-order valence-corrected chi connectivity index (χ0v) is 25.4. The second kappa shape index (κ2) is 16.1. The Balaban J connectivity index is 1.08. The molecular formula is C37H52FNO3. The molecule has 42 heavy (non-hydrogen) atoms. The van der Waals surface area contributed by atoms with E-state index < -0.39 is 0 Å². The van der Waals surface area contributed by atoms with Gasteiger partial charge in [-0.1, -0.05) is 71.9 Å². The van der Waals surface area contributed by atoms with Crippen LogP contribution in [0.2, 0.25) is 0 Å². The van der Waals surface area contributed by atoms with Gasteiger partial charge in [0.2, 0.25) is 0 Å². The number of allylic oxidation sites excluding steroid dienone is 5. The van der Waals surface area contributed by atoms with Gasteiger partial charge in [0, 0.05) is 19.7 Å². The number of hydrogen-bond donors (Lipinski definition) is 2. The maximum atomic E-state index is 13.7. The Hall–Kier alpha value is -2.05. The van der Waals surface area contributed by atoms with E-state index >= 15 is 0 Å². The molecule has 5 rings (SSSR count). The molecule has 1 aromatic rings. The van der Waals surface area contributed by atoms with Crippen molar-refractivity contribution in [2.75, 3.05) is 26.3 Å². The van der Waals surface area contributed by atoms with Gasteiger partial charge in [-0.15, -0.1) is 0 Å². The Labute approximate surface area is 253 Å². The Kier molecular flexibility index (Phi) is 12.1. The number of hydrogen-bond acceptors (Lipinski definition) is 4. The summed E-state index contributed by atoms with van der Waals surface area (Å²) >= 11 is 0. The Morgan fingerprint density at radius 1 is 0.905 bits per heavy atom. The van der Waals surface area contributed by atoms with Gasteiger partial charge in [-0.05, 0) is 113 Å². The van der Waals surface area contributed by atoms with E-state index in [1.807, 2.05) is 12.1 Å². The van der Waals surface area contributed by atoms with Gasteiger partial charge < -0.3 is 14.9 Å². The summed E-state index contributed by atoms with van der Waals surface area (Å²) in [6, 6.07) is 10.5. The smallest absolute Gasteiger partial charge is 0.0960 e. The van der Waals surface area contributed by atoms with Gasteiger partial charge in [0.15, 0.2) is 0 Å². The van der Waals surface area contributed by atoms with Gasteiger partial charge in [-0.25, -0.2) is 4.39 Å². The van der Waals surface area contributed by atoms with E-state index in [2.05, 4.69) is 53.5 Å². The lowest BCUT2D eigenvalue weighted by Gasteiger charge is -2.32. The van der Waals surface area contributed by atoms with E-state index in [1.165, 1.54) is 30.4 Å². The Morgan fingerprint density at radius 3 is 2.55 bits per heavy atom. The van der Waals surface area contributed by atoms with Crippen molar-refractivity contribution in [2.45, 2.75) is 95.8 Å². The number of halogens is 1. The van der Waals surface area contributed by atoms with E-state index in [0.717, 1.165) is 71.1 Å². The molecular weight excluding hydrogens is 525 g/mol. The summed E-state index contributed by atoms with van der Waals surface area (Å²) in [7, 11) is 0. The average Bonchev–Trinajstić information content (AvgIpc) is 3.18. The number of rotatable bonds is 13. The fraction of sp³-hybridized carbons (Fsp3) is 0.622. The van der Waals surface area contributed by atoms with Crippen LogP contribution in [0.3, 0.4) is 0 Å². The van der Waals surface area contributed by atoms with Crippen molar-refractivity contribution in [1.82, 2.24) is 4.90 Å². The highest BCUT2D eigenvalue weighted by atomic mass is 19.1. The first-order chi connectivity index (χ1) is 20.6. The quantitative estimate of drug-likeness (QED) is 0.186. The standard InChI is InChI=1S/C37H52FNO3/c38-34-14-12-30(13-15-34)31-10-11-32-26-35(41)16-19-37(32)33(25-31)24-28-8-17-36(18-9-28)42-23-5-4-20-39(21-22-40)27-29-6-2-1-3-7-29/h1-3,6-9,14,17,19,30-33,35-36,40-41H,4-5,10-13,15-16,18,20-27H2. The predicted molar refractivity (Wildman–Crippen MR) is 168 cm³/mol. The van der Waals surface area contributed by atoms with E-state index in [4.69, 9.17) is 4.74 Å². The van der Waals surface area contributed by atoms with Crippen molar-refractivity contribution in [3.8, 4) is 0 Å². The third-order valence-electron chi connectivity index (χ3n) is 10.1. The molecule has 6 atom stereocenters. The van der Waals surface area contributed by atoms with E-state index in [9.17, 15) is 14.6 Å². The molecule has 0 radical (unpaired) electrons. The normalized spacial score (nSPS) is 29.9. The molecule has 6 unspecified atom stereocenters. The first-order valence-corrected chi connectivity index (χ1v) is 16.7. The van der Waals surface area contributed by atoms with Gasteiger partial charge in [-0.2, -0.15) is 0 Å². The summed E-state index contributed by atoms with van der Waals surface area (Å²) in [5.41, 5.74) is 4.29. The lowest BCUT2D eigenvalue weighted by Crippen LogP contribution is -2.27. The van der Waals surface area contributed by atoms with Crippen LogP contribution in [0.4, 0.5) is 4.39 Å². The number of ether oxygens (including phenoxy) is 1. The van der Waals surface area contributed by atoms with E-state index in [0.29, 0.717) is 36.6 Å². The summed E-state index contributed by atoms with van der Waals surface area (Å²) in [5.74, 6) is 2.35. The van der Waals surface area contributed by atoms with Crippen molar-refractivity contribution in [1.29, 1.82) is 0 Å². The number of unbranched alkanes of at least 4 members (excludes halogenated alkanes) is 1. The average molecular weight is 578 g/mol. The molecule has 2 N–H and O–H groups in total. The summed E-state index contributed by atoms with van der Waals surface area (Å²) in [5, 5.41) is 19.9. The maximum Gasteiger partial charge on any atom is 0.0960 e. The SMILES string of the molecule is OCCN(CCCCOC1C=CC(CC2CC(C3CC=C(F)CC3)CCC3CC(O)CC=C32)=CC1)Cc1ccccc1. The number of fused-ring (bicyclic) bond motifs is 1. The maximum absolute atomic E-state index is 13.7. The number of aliphatic hydroxyl groups is 2. The van der Waals surface area contributed by atoms with Crippen LogP contribution < -0.4 is 0 Å². The first-order valence-electron chi connectivity index (χ1n) is 16.7. The molecule has 1 fully saturated rings. The molecule has 0 saturated heterocycles. The highest BCUT2D eigenvalue weighted by molar-refractivity contribution is 5.28. The van der Waals surface area contributed by atoms with E-state index in [1.54, 1.807) is 5.57 Å². The minimum atomic E-state index is -0.198. The van der Waals surface area contributed by atoms with E-state index in [-0.39, 0.29) is 24.6 Å². The second-order valence-corrected chi connectivity index (χ2v) is 13.2. The van der Waals surface area contributed by atoms with Gasteiger partial charge >= 0.3 is 0 Å². The van der Waals surface area contributed by atoms with Crippen LogP contribution in [0, 0.1) is 23.7 Å². The molecule has 0 amide bonds. The highest BCUT2D eigenvalue weighted by Crippen LogP contribution is 2.47. The van der Waals surface area contributed by atoms with Crippen molar-refractivity contribution in [3.63, 3.8) is 0 Å². The zero-order chi connectivity index (χ0) is 29.1. The predicted octanol–water partition coefficient (Wildman–Crippen LogP) is 7.69. The minimum Gasteiger partial charge on any atom is -0.395 e. The van der Waals surface area contributed by atoms with Crippen LogP contribution in [0.15, 0.2) is 77.7 Å². The molecule has 4 aliphatic carbocycles. The monoisotopic (exact) mass is 577 g/mol. The lowest BCUT2D eigenvalue weighted by atomic mass is 9.74. The molecule has 0 aliphatic heterocycles. The van der Waals surface area contributed by atoms with Crippen LogP contribution >= 0.6 is 0 Å². The molecule has 0 aromatic heterocycles. The number of aliphatic hydroxyl groups excluding tert-OH is 2. The molecule has 4 nitrogen and oxygen atoms in total. The van der Waals surface area contributed by atoms with Crippen molar-refractivity contribution in [3.05, 3.63) is 83.2 Å². The van der Waals surface area contributed by atoms with Crippen LogP contribution in [-0.2, 0) is 11.3 Å². The first kappa shape index (κ1) is 31.4. The largest absolute Gasteiger partial charge is 0.395 e. The van der Waals surface area contributed by atoms with Crippen molar-refractivity contribution < 1.29 is 19.3 Å². The van der Waals surface area contributed by atoms with Crippen LogP contribution in [-0.4, -0.2) is 53.6 Å². The topological polar surface area (TPSA) is 52.9 Å². The van der Waals surface area contributed by atoms with Gasteiger partial charge in [0.05, 0.1) is 24.6 Å². The lowest BCUT2D eigenvalue weighted by molar-refractivity contribution is 0.0803. The minimum absolute atomic E-state index is 0.0805. The van der Waals surface area contributed by atoms with Crippen LogP contribution in [0.5, 0.6) is 0 Å². The summed E-state index contributed by atoms with van der Waals surface area (Å²) in [6.45, 7) is 3.48. The zero-order valence-electron chi connectivity index (χ0n) is 25.4.